The van der Waals surface area contributed by atoms with Gasteiger partial charge in [0.1, 0.15) is 0 Å². The Labute approximate surface area is 177 Å². The second kappa shape index (κ2) is 7.18. The third-order valence-electron chi connectivity index (χ3n) is 5.69. The molecular weight excluding hydrogens is 392 g/mol. The van der Waals surface area contributed by atoms with Crippen LogP contribution in [0.4, 0.5) is 0 Å². The lowest BCUT2D eigenvalue weighted by molar-refractivity contribution is -0.545. The zero-order valence-electron chi connectivity index (χ0n) is 16.3. The van der Waals surface area contributed by atoms with E-state index in [9.17, 15) is 20.2 Å². The minimum absolute atomic E-state index is 0.329. The number of benzene rings is 3. The van der Waals surface area contributed by atoms with Gasteiger partial charge in [-0.1, -0.05) is 78.9 Å². The Bertz CT molecular complexity index is 1290. The summed E-state index contributed by atoms with van der Waals surface area (Å²) in [5.74, 6) is 0. The SMILES string of the molecule is O=[N+]([O-])C1=CC(c2ccccc2)=CC(=C2c3ccccc3-c3ccccc32)C1[N+](=O)[O-]. The molecule has 0 N–H and O–H groups in total. The van der Waals surface area contributed by atoms with Gasteiger partial charge in [0.25, 0.3) is 0 Å². The first kappa shape index (κ1) is 18.7. The van der Waals surface area contributed by atoms with Crippen molar-refractivity contribution in [2.24, 2.45) is 0 Å². The van der Waals surface area contributed by atoms with Crippen molar-refractivity contribution in [3.05, 3.63) is 139 Å². The lowest BCUT2D eigenvalue weighted by Crippen LogP contribution is -2.30. The maximum atomic E-state index is 12.1. The Morgan fingerprint density at radius 1 is 0.645 bits per heavy atom. The number of nitrogens with zero attached hydrogens (tertiary/aromatic N) is 2. The predicted octanol–water partition coefficient (Wildman–Crippen LogP) is 5.37. The third-order valence-corrected chi connectivity index (χ3v) is 5.69. The molecule has 0 fully saturated rings. The van der Waals surface area contributed by atoms with Crippen LogP contribution in [0.1, 0.15) is 16.7 Å². The van der Waals surface area contributed by atoms with E-state index in [2.05, 4.69) is 0 Å². The van der Waals surface area contributed by atoms with Gasteiger partial charge in [-0.15, -0.1) is 0 Å². The standard InChI is InChI=1S/C25H16N2O4/c28-26(29)23-15-17(16-8-2-1-3-9-16)14-22(25(23)27(30)31)24-20-12-6-4-10-18(20)19-11-5-7-13-21(19)24/h1-15,25H. The van der Waals surface area contributed by atoms with Crippen molar-refractivity contribution in [1.82, 2.24) is 0 Å². The zero-order chi connectivity index (χ0) is 21.5. The quantitative estimate of drug-likeness (QED) is 0.337. The lowest BCUT2D eigenvalue weighted by atomic mass is 9.85. The summed E-state index contributed by atoms with van der Waals surface area (Å²) in [6.45, 7) is 0. The van der Waals surface area contributed by atoms with E-state index in [-0.39, 0.29) is 0 Å². The molecular formula is C25H16N2O4. The summed E-state index contributed by atoms with van der Waals surface area (Å²) in [6.07, 6.45) is 3.05. The van der Waals surface area contributed by atoms with Crippen LogP contribution < -0.4 is 0 Å². The first-order valence-electron chi connectivity index (χ1n) is 9.76. The molecule has 3 aromatic carbocycles. The van der Waals surface area contributed by atoms with Gasteiger partial charge in [-0.2, -0.15) is 0 Å². The molecule has 1 unspecified atom stereocenters. The van der Waals surface area contributed by atoms with E-state index in [1.165, 1.54) is 6.08 Å². The molecule has 0 amide bonds. The smallest absolute Gasteiger partial charge is 0.263 e. The summed E-state index contributed by atoms with van der Waals surface area (Å²) in [7, 11) is 0. The molecule has 0 saturated heterocycles. The molecule has 6 heteroatoms. The van der Waals surface area contributed by atoms with E-state index in [0.29, 0.717) is 16.7 Å². The molecule has 0 saturated carbocycles. The fourth-order valence-electron chi connectivity index (χ4n) is 4.39. The molecule has 0 radical (unpaired) electrons. The first-order valence-corrected chi connectivity index (χ1v) is 9.76. The normalized spacial score (nSPS) is 16.8. The van der Waals surface area contributed by atoms with Crippen molar-refractivity contribution in [3.8, 4) is 11.1 Å². The number of hydrogen-bond donors (Lipinski definition) is 0. The average Bonchev–Trinajstić information content (AvgIpc) is 3.13. The maximum Gasteiger partial charge on any atom is 0.326 e. The molecule has 6 nitrogen and oxygen atoms in total. The van der Waals surface area contributed by atoms with E-state index in [0.717, 1.165) is 27.8 Å². The molecule has 2 aliphatic carbocycles. The van der Waals surface area contributed by atoms with E-state index < -0.39 is 21.6 Å². The third kappa shape index (κ3) is 2.97. The van der Waals surface area contributed by atoms with Gasteiger partial charge in [-0.05, 0) is 39.5 Å². The Morgan fingerprint density at radius 2 is 1.16 bits per heavy atom. The van der Waals surface area contributed by atoms with E-state index in [1.807, 2.05) is 78.9 Å². The fourth-order valence-corrected chi connectivity index (χ4v) is 4.39. The highest BCUT2D eigenvalue weighted by Crippen LogP contribution is 2.48. The van der Waals surface area contributed by atoms with Crippen LogP contribution in [0.5, 0.6) is 0 Å². The van der Waals surface area contributed by atoms with Crippen LogP contribution >= 0.6 is 0 Å². The number of fused-ring (bicyclic) bond motifs is 3. The van der Waals surface area contributed by atoms with Gasteiger partial charge in [-0.25, -0.2) is 0 Å². The monoisotopic (exact) mass is 408 g/mol. The predicted molar refractivity (Wildman–Crippen MR) is 118 cm³/mol. The van der Waals surface area contributed by atoms with Crippen LogP contribution in [-0.4, -0.2) is 15.9 Å². The summed E-state index contributed by atoms with van der Waals surface area (Å²) in [5, 5.41) is 24.0. The van der Waals surface area contributed by atoms with Crippen molar-refractivity contribution in [1.29, 1.82) is 0 Å². The lowest BCUT2D eigenvalue weighted by Gasteiger charge is -2.18. The van der Waals surface area contributed by atoms with E-state index >= 15 is 0 Å². The number of nitro groups is 2. The molecule has 0 spiro atoms. The Hall–Kier alpha value is -4.32. The van der Waals surface area contributed by atoms with Gasteiger partial charge in [0, 0.05) is 22.1 Å². The molecule has 0 aromatic heterocycles. The van der Waals surface area contributed by atoms with Crippen LogP contribution in [0.2, 0.25) is 0 Å². The zero-order valence-corrected chi connectivity index (χ0v) is 16.3. The largest absolute Gasteiger partial charge is 0.326 e. The molecule has 2 aliphatic rings. The molecule has 0 bridgehead atoms. The minimum atomic E-state index is -1.56. The maximum absolute atomic E-state index is 12.1. The Kier molecular flexibility index (Phi) is 4.33. The molecule has 0 aliphatic heterocycles. The van der Waals surface area contributed by atoms with Gasteiger partial charge in [-0.3, -0.25) is 20.2 Å². The molecule has 3 aromatic rings. The molecule has 0 heterocycles. The molecule has 5 rings (SSSR count). The topological polar surface area (TPSA) is 86.3 Å². The summed E-state index contributed by atoms with van der Waals surface area (Å²) in [4.78, 5) is 22.8. The van der Waals surface area contributed by atoms with Crippen molar-refractivity contribution < 1.29 is 9.85 Å². The number of rotatable bonds is 3. The van der Waals surface area contributed by atoms with Crippen LogP contribution in [0.3, 0.4) is 0 Å². The average molecular weight is 408 g/mol. The number of allylic oxidation sites excluding steroid dienone is 2. The highest BCUT2D eigenvalue weighted by Gasteiger charge is 2.44. The van der Waals surface area contributed by atoms with Crippen LogP contribution in [0.25, 0.3) is 22.3 Å². The van der Waals surface area contributed by atoms with Gasteiger partial charge in [0.15, 0.2) is 0 Å². The van der Waals surface area contributed by atoms with E-state index in [4.69, 9.17) is 0 Å². The number of hydrogen-bond acceptors (Lipinski definition) is 4. The van der Waals surface area contributed by atoms with Gasteiger partial charge in [0.2, 0.25) is 0 Å². The summed E-state index contributed by atoms with van der Waals surface area (Å²) in [6, 6.07) is 23.0. The summed E-state index contributed by atoms with van der Waals surface area (Å²) < 4.78 is 0. The van der Waals surface area contributed by atoms with E-state index in [1.54, 1.807) is 6.08 Å². The highest BCUT2D eigenvalue weighted by molar-refractivity contribution is 6.04. The molecule has 31 heavy (non-hydrogen) atoms. The van der Waals surface area contributed by atoms with Crippen molar-refractivity contribution in [2.45, 2.75) is 6.04 Å². The molecule has 1 atom stereocenters. The van der Waals surface area contributed by atoms with Crippen LogP contribution in [0, 0.1) is 20.2 Å². The second-order valence-corrected chi connectivity index (χ2v) is 7.40. The first-order chi connectivity index (χ1) is 15.1. The highest BCUT2D eigenvalue weighted by atomic mass is 16.6. The summed E-state index contributed by atoms with van der Waals surface area (Å²) in [5.41, 5.74) is 5.54. The van der Waals surface area contributed by atoms with Crippen LogP contribution in [-0.2, 0) is 0 Å². The van der Waals surface area contributed by atoms with Crippen LogP contribution in [0.15, 0.2) is 102 Å². The fraction of sp³-hybridized carbons (Fsp3) is 0.0400. The second-order valence-electron chi connectivity index (χ2n) is 7.40. The van der Waals surface area contributed by atoms with Gasteiger partial charge < -0.3 is 0 Å². The minimum Gasteiger partial charge on any atom is -0.263 e. The van der Waals surface area contributed by atoms with Crippen molar-refractivity contribution in [2.75, 3.05) is 0 Å². The summed E-state index contributed by atoms with van der Waals surface area (Å²) >= 11 is 0. The van der Waals surface area contributed by atoms with Gasteiger partial charge in [0.05, 0.1) is 4.92 Å². The Morgan fingerprint density at radius 3 is 1.68 bits per heavy atom. The van der Waals surface area contributed by atoms with Crippen molar-refractivity contribution in [3.63, 3.8) is 0 Å². The molecule has 150 valence electrons. The van der Waals surface area contributed by atoms with Crippen molar-refractivity contribution >= 4 is 11.1 Å². The van der Waals surface area contributed by atoms with Gasteiger partial charge >= 0.3 is 11.7 Å². The Balaban J connectivity index is 1.87.